The lowest BCUT2D eigenvalue weighted by Crippen LogP contribution is -2.13. The summed E-state index contributed by atoms with van der Waals surface area (Å²) in [6, 6.07) is 2.66. The molecular formula is C13H11FN2O2. The number of carbonyl (C=O) groups excluding carboxylic acids is 1. The molecule has 2 aromatic heterocycles. The quantitative estimate of drug-likeness (QED) is 0.828. The van der Waals surface area contributed by atoms with E-state index in [2.05, 4.69) is 10.3 Å². The molecule has 5 heteroatoms. The summed E-state index contributed by atoms with van der Waals surface area (Å²) >= 11 is 0. The number of aryl methyl sites for hydroxylation is 1. The molecule has 0 fully saturated rings. The van der Waals surface area contributed by atoms with Gasteiger partial charge in [-0.1, -0.05) is 0 Å². The van der Waals surface area contributed by atoms with Crippen molar-refractivity contribution in [3.63, 3.8) is 0 Å². The number of fused-ring (bicyclic) bond motifs is 1. The number of halogens is 1. The van der Waals surface area contributed by atoms with E-state index in [9.17, 15) is 9.18 Å². The Labute approximate surface area is 103 Å². The predicted molar refractivity (Wildman–Crippen MR) is 62.9 cm³/mol. The highest BCUT2D eigenvalue weighted by Gasteiger charge is 2.23. The van der Waals surface area contributed by atoms with Crippen LogP contribution in [0, 0.1) is 5.95 Å². The Balaban J connectivity index is 1.80. The molecule has 0 saturated carbocycles. The van der Waals surface area contributed by atoms with E-state index in [4.69, 9.17) is 4.42 Å². The zero-order chi connectivity index (χ0) is 12.5. The standard InChI is InChI=1S/C13H11FN2O2/c14-11-5-4-9(6-15-11)16-13(17)12-10-3-1-2-8(10)7-18-12/h4-7H,1-3H2,(H,16,17). The average Bonchev–Trinajstić information content (AvgIpc) is 2.93. The van der Waals surface area contributed by atoms with E-state index < -0.39 is 5.95 Å². The number of hydrogen-bond donors (Lipinski definition) is 1. The van der Waals surface area contributed by atoms with Gasteiger partial charge in [-0.2, -0.15) is 4.39 Å². The first-order valence-electron chi connectivity index (χ1n) is 5.76. The predicted octanol–water partition coefficient (Wildman–Crippen LogP) is 2.55. The molecule has 1 aliphatic carbocycles. The fourth-order valence-electron chi connectivity index (χ4n) is 2.19. The van der Waals surface area contributed by atoms with Gasteiger partial charge >= 0.3 is 0 Å². The smallest absolute Gasteiger partial charge is 0.291 e. The van der Waals surface area contributed by atoms with Crippen molar-refractivity contribution in [3.05, 3.63) is 47.4 Å². The number of pyridine rings is 1. The van der Waals surface area contributed by atoms with Gasteiger partial charge in [0, 0.05) is 5.56 Å². The third-order valence-electron chi connectivity index (χ3n) is 3.05. The minimum atomic E-state index is -0.577. The lowest BCUT2D eigenvalue weighted by atomic mass is 10.2. The summed E-state index contributed by atoms with van der Waals surface area (Å²) in [6.45, 7) is 0. The fraction of sp³-hybridized carbons (Fsp3) is 0.231. The molecule has 0 spiro atoms. The van der Waals surface area contributed by atoms with Gasteiger partial charge in [-0.05, 0) is 37.0 Å². The van der Waals surface area contributed by atoms with Crippen LogP contribution in [0.2, 0.25) is 0 Å². The second-order valence-corrected chi connectivity index (χ2v) is 4.25. The van der Waals surface area contributed by atoms with Crippen molar-refractivity contribution in [2.75, 3.05) is 5.32 Å². The number of furan rings is 1. The Morgan fingerprint density at radius 2 is 2.28 bits per heavy atom. The molecule has 2 aromatic rings. The highest BCUT2D eigenvalue weighted by molar-refractivity contribution is 6.03. The van der Waals surface area contributed by atoms with Crippen molar-refractivity contribution < 1.29 is 13.6 Å². The third-order valence-corrected chi connectivity index (χ3v) is 3.05. The second-order valence-electron chi connectivity index (χ2n) is 4.25. The number of aromatic nitrogens is 1. The summed E-state index contributed by atoms with van der Waals surface area (Å²) in [7, 11) is 0. The third kappa shape index (κ3) is 1.88. The van der Waals surface area contributed by atoms with Gasteiger partial charge < -0.3 is 9.73 Å². The summed E-state index contributed by atoms with van der Waals surface area (Å²) in [5.41, 5.74) is 2.55. The van der Waals surface area contributed by atoms with E-state index >= 15 is 0 Å². The summed E-state index contributed by atoms with van der Waals surface area (Å²) in [5, 5.41) is 2.64. The van der Waals surface area contributed by atoms with Crippen molar-refractivity contribution in [1.82, 2.24) is 4.98 Å². The minimum absolute atomic E-state index is 0.313. The van der Waals surface area contributed by atoms with Gasteiger partial charge in [0.15, 0.2) is 5.76 Å². The molecule has 0 aliphatic heterocycles. The van der Waals surface area contributed by atoms with E-state index in [-0.39, 0.29) is 5.91 Å². The zero-order valence-electron chi connectivity index (χ0n) is 9.57. The van der Waals surface area contributed by atoms with Crippen LogP contribution in [0.1, 0.15) is 28.1 Å². The van der Waals surface area contributed by atoms with Gasteiger partial charge in [-0.3, -0.25) is 4.79 Å². The normalized spacial score (nSPS) is 13.4. The molecule has 0 aromatic carbocycles. The number of nitrogens with zero attached hydrogens (tertiary/aromatic N) is 1. The molecule has 0 atom stereocenters. The van der Waals surface area contributed by atoms with Crippen LogP contribution in [0.25, 0.3) is 0 Å². The Bertz CT molecular complexity index is 590. The fourth-order valence-corrected chi connectivity index (χ4v) is 2.19. The number of hydrogen-bond acceptors (Lipinski definition) is 3. The Morgan fingerprint density at radius 1 is 1.39 bits per heavy atom. The molecule has 1 amide bonds. The summed E-state index contributed by atoms with van der Waals surface area (Å²) in [4.78, 5) is 15.5. The largest absolute Gasteiger partial charge is 0.459 e. The molecule has 18 heavy (non-hydrogen) atoms. The van der Waals surface area contributed by atoms with Crippen LogP contribution in [-0.2, 0) is 12.8 Å². The van der Waals surface area contributed by atoms with Gasteiger partial charge in [0.05, 0.1) is 18.1 Å². The molecule has 1 N–H and O–H groups in total. The molecule has 0 unspecified atom stereocenters. The second kappa shape index (κ2) is 4.25. The van der Waals surface area contributed by atoms with Crippen LogP contribution in [-0.4, -0.2) is 10.9 Å². The van der Waals surface area contributed by atoms with Crippen molar-refractivity contribution in [3.8, 4) is 0 Å². The maximum Gasteiger partial charge on any atom is 0.291 e. The van der Waals surface area contributed by atoms with Gasteiger partial charge in [-0.25, -0.2) is 4.98 Å². The van der Waals surface area contributed by atoms with Gasteiger partial charge in [0.25, 0.3) is 5.91 Å². The number of nitrogens with one attached hydrogen (secondary N) is 1. The van der Waals surface area contributed by atoms with Crippen LogP contribution in [0.15, 0.2) is 29.0 Å². The molecule has 3 rings (SSSR count). The highest BCUT2D eigenvalue weighted by Crippen LogP contribution is 2.27. The monoisotopic (exact) mass is 246 g/mol. The van der Waals surface area contributed by atoms with Gasteiger partial charge in [0.2, 0.25) is 5.95 Å². The van der Waals surface area contributed by atoms with Gasteiger partial charge in [-0.15, -0.1) is 0 Å². The lowest BCUT2D eigenvalue weighted by Gasteiger charge is -2.03. The van der Waals surface area contributed by atoms with Crippen molar-refractivity contribution in [2.24, 2.45) is 0 Å². The number of amides is 1. The first-order chi connectivity index (χ1) is 8.74. The van der Waals surface area contributed by atoms with E-state index in [1.807, 2.05) is 0 Å². The van der Waals surface area contributed by atoms with Crippen molar-refractivity contribution >= 4 is 11.6 Å². The van der Waals surface area contributed by atoms with Crippen LogP contribution >= 0.6 is 0 Å². The molecular weight excluding hydrogens is 235 g/mol. The van der Waals surface area contributed by atoms with E-state index in [0.29, 0.717) is 11.4 Å². The summed E-state index contributed by atoms with van der Waals surface area (Å²) < 4.78 is 17.9. The van der Waals surface area contributed by atoms with E-state index in [1.165, 1.54) is 18.3 Å². The van der Waals surface area contributed by atoms with E-state index in [0.717, 1.165) is 30.4 Å². The SMILES string of the molecule is O=C(Nc1ccc(F)nc1)c1occ2c1CCC2. The van der Waals surface area contributed by atoms with Crippen LogP contribution in [0.5, 0.6) is 0 Å². The first-order valence-corrected chi connectivity index (χ1v) is 5.76. The molecule has 2 heterocycles. The molecule has 0 bridgehead atoms. The minimum Gasteiger partial charge on any atom is -0.459 e. The maximum absolute atomic E-state index is 12.6. The lowest BCUT2D eigenvalue weighted by molar-refractivity contribution is 0.0995. The Morgan fingerprint density at radius 3 is 3.06 bits per heavy atom. The summed E-state index contributed by atoms with van der Waals surface area (Å²) in [5.74, 6) is -0.537. The first kappa shape index (κ1) is 11.0. The molecule has 92 valence electrons. The van der Waals surface area contributed by atoms with Crippen LogP contribution in [0.4, 0.5) is 10.1 Å². The molecule has 1 aliphatic rings. The maximum atomic E-state index is 12.6. The molecule has 0 radical (unpaired) electrons. The topological polar surface area (TPSA) is 55.1 Å². The Kier molecular flexibility index (Phi) is 2.59. The van der Waals surface area contributed by atoms with Crippen LogP contribution < -0.4 is 5.32 Å². The van der Waals surface area contributed by atoms with Crippen molar-refractivity contribution in [1.29, 1.82) is 0 Å². The highest BCUT2D eigenvalue weighted by atomic mass is 19.1. The number of rotatable bonds is 2. The van der Waals surface area contributed by atoms with E-state index in [1.54, 1.807) is 6.26 Å². The summed E-state index contributed by atoms with van der Waals surface area (Å²) in [6.07, 6.45) is 5.80. The molecule has 0 saturated heterocycles. The molecule has 4 nitrogen and oxygen atoms in total. The van der Waals surface area contributed by atoms with Crippen molar-refractivity contribution in [2.45, 2.75) is 19.3 Å². The van der Waals surface area contributed by atoms with Crippen LogP contribution in [0.3, 0.4) is 0 Å². The number of anilines is 1. The average molecular weight is 246 g/mol. The van der Waals surface area contributed by atoms with Gasteiger partial charge in [0.1, 0.15) is 0 Å². The number of carbonyl (C=O) groups is 1. The zero-order valence-corrected chi connectivity index (χ0v) is 9.57. The Hall–Kier alpha value is -2.17.